The molecule has 2 aromatic carbocycles. The maximum absolute atomic E-state index is 14.1. The quantitative estimate of drug-likeness (QED) is 0.0297. The highest BCUT2D eigenvalue weighted by Gasteiger charge is 2.40. The van der Waals surface area contributed by atoms with Crippen LogP contribution in [0, 0.1) is 5.92 Å². The van der Waals surface area contributed by atoms with Gasteiger partial charge in [-0.25, -0.2) is 0 Å². The minimum Gasteiger partial charge on any atom is -0.508 e. The fraction of sp³-hybridized carbons (Fsp3) is 0.509. The number of amides is 12. The highest BCUT2D eigenvalue weighted by atomic mass is 16.4. The van der Waals surface area contributed by atoms with Gasteiger partial charge in [-0.3, -0.25) is 76.7 Å². The number of aliphatic carboxylic acids is 4. The number of hydrogen-bond acceptors (Lipinski definition) is 19. The number of hydrogen-bond donors (Lipinski definition) is 18. The normalized spacial score (nSPS) is 15.9. The summed E-state index contributed by atoms with van der Waals surface area (Å²) in [5, 5.41) is 80.5. The van der Waals surface area contributed by atoms with Gasteiger partial charge in [0, 0.05) is 25.8 Å². The molecule has 92 heavy (non-hydrogen) atoms. The van der Waals surface area contributed by atoms with Gasteiger partial charge in [0.2, 0.25) is 70.9 Å². The molecular formula is C57H79N13O22. The van der Waals surface area contributed by atoms with Crippen LogP contribution in [0.5, 0.6) is 5.75 Å². The molecule has 1 fully saturated rings. The number of carboxylic acids is 4. The molecule has 35 nitrogen and oxygen atoms in total. The van der Waals surface area contributed by atoms with Crippen molar-refractivity contribution in [3.05, 3.63) is 65.7 Å². The van der Waals surface area contributed by atoms with Crippen molar-refractivity contribution in [2.45, 2.75) is 158 Å². The van der Waals surface area contributed by atoms with E-state index in [0.717, 1.165) is 18.7 Å². The average molecular weight is 1300 g/mol. The Kier molecular flexibility index (Phi) is 30.5. The van der Waals surface area contributed by atoms with E-state index in [-0.39, 0.29) is 43.9 Å². The standard InChI is InChI=1S/C57H79N13O22/c1-27(2)19-35(52(86)66-37(20-30-9-6-5-7-10-30)53(87)67-39(24-46(79)80)51(85)62-29(4)57(91)92)65-49(83)34(16-17-44(75)76)63-43(74)25-60-48(82)40(26-71)69-54(88)36(21-31-12-14-32(72)15-13-31)64-47(81)28(3)61-50(84)38(23-42(59)73)68-55(89)41-11-8-18-70(41)56(90)33(58)22-45(77)78/h5-7,9-10,12-15,27-29,33-41,71-72H,8,11,16-26,58H2,1-4H3,(H2,59,73)(H,60,82)(H,61,84)(H,62,85)(H,63,74)(H,64,81)(H,65,83)(H,66,86)(H,67,87)(H,68,89)(H,69,88)(H,75,76)(H,77,78)(H,79,80)(H,91,92)/t28-,29-,33-,34-,35-,36-,37-,38-,39-,40-,41-/m0/s1. The number of aromatic hydroxyl groups is 1. The van der Waals surface area contributed by atoms with Crippen LogP contribution in [0.15, 0.2) is 54.6 Å². The van der Waals surface area contributed by atoms with Crippen LogP contribution in [-0.4, -0.2) is 216 Å². The van der Waals surface area contributed by atoms with Gasteiger partial charge in [-0.05, 0) is 68.7 Å². The number of nitrogens with two attached hydrogens (primary N) is 2. The number of phenols is 1. The molecule has 11 atom stereocenters. The van der Waals surface area contributed by atoms with Crippen LogP contribution in [0.3, 0.4) is 0 Å². The topological polar surface area (TPSA) is 570 Å². The molecule has 0 saturated carbocycles. The first kappa shape index (κ1) is 75.9. The molecule has 0 bridgehead atoms. The molecule has 0 spiro atoms. The first-order valence-corrected chi connectivity index (χ1v) is 28.8. The van der Waals surface area contributed by atoms with E-state index in [9.17, 15) is 102 Å². The number of carbonyl (C=O) groups excluding carboxylic acids is 12. The lowest BCUT2D eigenvalue weighted by molar-refractivity contribution is -0.144. The van der Waals surface area contributed by atoms with Crippen molar-refractivity contribution in [1.82, 2.24) is 58.1 Å². The fourth-order valence-electron chi connectivity index (χ4n) is 9.10. The Bertz CT molecular complexity index is 3020. The summed E-state index contributed by atoms with van der Waals surface area (Å²) >= 11 is 0. The van der Waals surface area contributed by atoms with Crippen molar-refractivity contribution in [3.8, 4) is 5.75 Å². The smallest absolute Gasteiger partial charge is 0.325 e. The molecule has 0 radical (unpaired) electrons. The summed E-state index contributed by atoms with van der Waals surface area (Å²) < 4.78 is 0. The van der Waals surface area contributed by atoms with Crippen LogP contribution in [0.4, 0.5) is 0 Å². The molecule has 12 amide bonds. The van der Waals surface area contributed by atoms with Gasteiger partial charge >= 0.3 is 23.9 Å². The van der Waals surface area contributed by atoms with Gasteiger partial charge in [-0.15, -0.1) is 0 Å². The number of nitrogens with zero attached hydrogens (tertiary/aromatic N) is 1. The molecule has 20 N–H and O–H groups in total. The lowest BCUT2D eigenvalue weighted by Crippen LogP contribution is -2.60. The largest absolute Gasteiger partial charge is 0.508 e. The minimum absolute atomic E-state index is 0.0171. The second-order valence-corrected chi connectivity index (χ2v) is 22.0. The van der Waals surface area contributed by atoms with Crippen molar-refractivity contribution in [3.63, 3.8) is 0 Å². The van der Waals surface area contributed by atoms with Crippen LogP contribution in [-0.2, 0) is 89.6 Å². The molecule has 2 aromatic rings. The molecule has 0 aliphatic carbocycles. The summed E-state index contributed by atoms with van der Waals surface area (Å²) in [6.45, 7) is 3.43. The number of carbonyl (C=O) groups is 16. The Labute approximate surface area is 525 Å². The molecule has 1 heterocycles. The molecule has 1 aliphatic rings. The molecule has 0 aromatic heterocycles. The zero-order valence-electron chi connectivity index (χ0n) is 50.6. The lowest BCUT2D eigenvalue weighted by Gasteiger charge is -2.28. The Morgan fingerprint density at radius 1 is 0.533 bits per heavy atom. The van der Waals surface area contributed by atoms with Crippen molar-refractivity contribution in [2.75, 3.05) is 19.7 Å². The van der Waals surface area contributed by atoms with Crippen LogP contribution in [0.25, 0.3) is 0 Å². The van der Waals surface area contributed by atoms with Crippen LogP contribution < -0.4 is 64.6 Å². The van der Waals surface area contributed by atoms with E-state index in [2.05, 4.69) is 53.2 Å². The summed E-state index contributed by atoms with van der Waals surface area (Å²) in [7, 11) is 0. The third-order valence-electron chi connectivity index (χ3n) is 13.9. The number of aliphatic hydroxyl groups is 1. The Morgan fingerprint density at radius 3 is 1.55 bits per heavy atom. The van der Waals surface area contributed by atoms with E-state index >= 15 is 0 Å². The number of carboxylic acid groups (broad SMARTS) is 4. The molecule has 35 heteroatoms. The first-order valence-electron chi connectivity index (χ1n) is 28.8. The Balaban J connectivity index is 1.78. The highest BCUT2D eigenvalue weighted by molar-refractivity contribution is 6.00. The Hall–Kier alpha value is -10.3. The van der Waals surface area contributed by atoms with Gasteiger partial charge in [-0.1, -0.05) is 56.3 Å². The second-order valence-electron chi connectivity index (χ2n) is 22.0. The monoisotopic (exact) mass is 1300 g/mol. The van der Waals surface area contributed by atoms with Crippen molar-refractivity contribution in [2.24, 2.45) is 17.4 Å². The van der Waals surface area contributed by atoms with Crippen molar-refractivity contribution < 1.29 is 107 Å². The number of benzene rings is 2. The third kappa shape index (κ3) is 26.0. The van der Waals surface area contributed by atoms with Gasteiger partial charge in [0.15, 0.2) is 0 Å². The van der Waals surface area contributed by atoms with Crippen molar-refractivity contribution in [1.29, 1.82) is 0 Å². The van der Waals surface area contributed by atoms with Crippen LogP contribution in [0.2, 0.25) is 0 Å². The first-order chi connectivity index (χ1) is 43.2. The van der Waals surface area contributed by atoms with Crippen LogP contribution in [0.1, 0.15) is 90.2 Å². The van der Waals surface area contributed by atoms with Gasteiger partial charge in [-0.2, -0.15) is 0 Å². The Morgan fingerprint density at radius 2 is 1.02 bits per heavy atom. The fourth-order valence-corrected chi connectivity index (χ4v) is 9.10. The molecule has 3 rings (SSSR count). The number of phenolic OH excluding ortho intramolecular Hbond substituents is 1. The summed E-state index contributed by atoms with van der Waals surface area (Å²) in [4.78, 5) is 209. The predicted octanol–water partition coefficient (Wildman–Crippen LogP) is -6.17. The summed E-state index contributed by atoms with van der Waals surface area (Å²) in [6, 6.07) is -4.48. The molecule has 504 valence electrons. The summed E-state index contributed by atoms with van der Waals surface area (Å²) in [5.74, 6) is -19.4. The van der Waals surface area contributed by atoms with E-state index in [0.29, 0.717) is 17.5 Å². The summed E-state index contributed by atoms with van der Waals surface area (Å²) in [6.07, 6.45) is -4.30. The summed E-state index contributed by atoms with van der Waals surface area (Å²) in [5.41, 5.74) is 11.9. The van der Waals surface area contributed by atoms with E-state index in [1.54, 1.807) is 44.2 Å². The zero-order valence-corrected chi connectivity index (χ0v) is 50.6. The highest BCUT2D eigenvalue weighted by Crippen LogP contribution is 2.20. The predicted molar refractivity (Wildman–Crippen MR) is 316 cm³/mol. The van der Waals surface area contributed by atoms with Gasteiger partial charge in [0.1, 0.15) is 66.2 Å². The second kappa shape index (κ2) is 37.0. The SMILES string of the molecule is CC(C)C[C@H](NC(=O)[C@H](CCC(=O)O)NC(=O)CNC(=O)[C@H](CO)NC(=O)[C@H](Cc1ccc(O)cc1)NC(=O)[C@H](C)NC(=O)[C@H](CC(N)=O)NC(=O)[C@@H]1CCCN1C(=O)[C@@H](N)CC(=O)O)C(=O)N[C@@H](Cc1ccccc1)C(=O)N[C@@H](CC(=O)O)C(=O)N[C@@H](C)C(=O)O. The van der Waals surface area contributed by atoms with Crippen molar-refractivity contribution >= 4 is 94.8 Å². The lowest BCUT2D eigenvalue weighted by atomic mass is 10.00. The number of primary amides is 1. The molecular weight excluding hydrogens is 1220 g/mol. The van der Waals surface area contributed by atoms with E-state index in [4.69, 9.17) is 16.6 Å². The molecule has 0 unspecified atom stereocenters. The van der Waals surface area contributed by atoms with E-state index in [1.165, 1.54) is 24.3 Å². The van der Waals surface area contributed by atoms with Crippen LogP contribution >= 0.6 is 0 Å². The number of aliphatic hydroxyl groups excluding tert-OH is 1. The minimum atomic E-state index is -1.88. The maximum atomic E-state index is 14.1. The molecule has 1 aliphatic heterocycles. The zero-order chi connectivity index (χ0) is 69.1. The van der Waals surface area contributed by atoms with E-state index in [1.807, 2.05) is 0 Å². The number of likely N-dealkylation sites (tertiary alicyclic amines) is 1. The number of rotatable bonds is 38. The van der Waals surface area contributed by atoms with Gasteiger partial charge in [0.05, 0.1) is 38.5 Å². The average Bonchev–Trinajstić information content (AvgIpc) is 1.65. The number of nitrogens with one attached hydrogen (secondary N) is 10. The third-order valence-corrected chi connectivity index (χ3v) is 13.9. The van der Waals surface area contributed by atoms with E-state index < -0.39 is 206 Å². The van der Waals surface area contributed by atoms with Gasteiger partial charge in [0.25, 0.3) is 0 Å². The maximum Gasteiger partial charge on any atom is 0.325 e. The molecule has 1 saturated heterocycles. The van der Waals surface area contributed by atoms with Gasteiger partial charge < -0.3 is 100 Å².